The molecule has 2 amide bonds. The smallest absolute Gasteiger partial charge is 0.251 e. The van der Waals surface area contributed by atoms with E-state index in [9.17, 15) is 9.59 Å². The van der Waals surface area contributed by atoms with E-state index in [1.165, 1.54) is 0 Å². The maximum Gasteiger partial charge on any atom is 0.251 e. The van der Waals surface area contributed by atoms with Crippen LogP contribution in [0.2, 0.25) is 0 Å². The molecule has 0 bridgehead atoms. The number of rotatable bonds is 10. The topological polar surface area (TPSA) is 67.4 Å². The van der Waals surface area contributed by atoms with Crippen LogP contribution in [0.3, 0.4) is 0 Å². The zero-order valence-corrected chi connectivity index (χ0v) is 13.4. The number of carbonyl (C=O) groups is 2. The summed E-state index contributed by atoms with van der Waals surface area (Å²) in [6.07, 6.45) is 2.09. The lowest BCUT2D eigenvalue weighted by Gasteiger charge is -2.08. The van der Waals surface area contributed by atoms with E-state index in [0.717, 1.165) is 6.42 Å². The van der Waals surface area contributed by atoms with Crippen molar-refractivity contribution in [1.29, 1.82) is 0 Å². The average Bonchev–Trinajstić information content (AvgIpc) is 2.51. The van der Waals surface area contributed by atoms with Gasteiger partial charge < -0.3 is 15.4 Å². The molecule has 5 nitrogen and oxygen atoms in total. The summed E-state index contributed by atoms with van der Waals surface area (Å²) < 4.78 is 5.39. The number of carbonyl (C=O) groups excluding carboxylic acids is 2. The third-order valence-electron chi connectivity index (χ3n) is 3.00. The molecule has 0 unspecified atom stereocenters. The van der Waals surface area contributed by atoms with Crippen LogP contribution in [-0.4, -0.2) is 37.6 Å². The molecule has 0 atom stereocenters. The van der Waals surface area contributed by atoms with Crippen molar-refractivity contribution in [3.63, 3.8) is 0 Å². The number of hydrogen-bond donors (Lipinski definition) is 2. The molecule has 0 aliphatic rings. The molecule has 0 heterocycles. The van der Waals surface area contributed by atoms with Crippen LogP contribution in [-0.2, 0) is 9.53 Å². The zero-order chi connectivity index (χ0) is 16.2. The Balaban J connectivity index is 2.02. The molecule has 0 aromatic heterocycles. The van der Waals surface area contributed by atoms with Gasteiger partial charge >= 0.3 is 0 Å². The number of hydrogen-bond acceptors (Lipinski definition) is 3. The minimum Gasteiger partial charge on any atom is -0.379 e. The molecule has 5 heteroatoms. The van der Waals surface area contributed by atoms with Gasteiger partial charge in [0.1, 0.15) is 0 Å². The Kier molecular flexibility index (Phi) is 8.91. The molecule has 1 aromatic rings. The highest BCUT2D eigenvalue weighted by molar-refractivity contribution is 5.94. The lowest BCUT2D eigenvalue weighted by molar-refractivity contribution is -0.121. The van der Waals surface area contributed by atoms with Gasteiger partial charge in [0.15, 0.2) is 0 Å². The molecule has 0 aliphatic carbocycles. The van der Waals surface area contributed by atoms with Gasteiger partial charge in [-0.15, -0.1) is 0 Å². The van der Waals surface area contributed by atoms with Gasteiger partial charge in [-0.1, -0.05) is 18.2 Å². The van der Waals surface area contributed by atoms with Gasteiger partial charge in [-0.05, 0) is 38.8 Å². The van der Waals surface area contributed by atoms with E-state index >= 15 is 0 Å². The van der Waals surface area contributed by atoms with E-state index < -0.39 is 0 Å². The molecular formula is C17H26N2O3. The van der Waals surface area contributed by atoms with E-state index in [1.807, 2.05) is 32.0 Å². The lowest BCUT2D eigenvalue weighted by Crippen LogP contribution is -2.28. The summed E-state index contributed by atoms with van der Waals surface area (Å²) in [4.78, 5) is 23.4. The average molecular weight is 306 g/mol. The number of ether oxygens (including phenoxy) is 1. The minimum absolute atomic E-state index is 0.0125. The van der Waals surface area contributed by atoms with Crippen LogP contribution in [0.4, 0.5) is 0 Å². The monoisotopic (exact) mass is 306 g/mol. The maximum absolute atomic E-state index is 11.8. The van der Waals surface area contributed by atoms with Crippen LogP contribution >= 0.6 is 0 Å². The summed E-state index contributed by atoms with van der Waals surface area (Å²) in [7, 11) is 0. The van der Waals surface area contributed by atoms with Gasteiger partial charge in [-0.25, -0.2) is 0 Å². The van der Waals surface area contributed by atoms with Gasteiger partial charge in [0, 0.05) is 31.7 Å². The number of nitrogens with one attached hydrogen (secondary N) is 2. The Morgan fingerprint density at radius 2 is 1.73 bits per heavy atom. The van der Waals surface area contributed by atoms with Crippen molar-refractivity contribution in [3.05, 3.63) is 35.9 Å². The standard InChI is InChI=1S/C17H26N2O3/c1-14(2)22-13-7-12-18-16(20)10-6-11-19-17(21)15-8-4-3-5-9-15/h3-5,8-9,14H,6-7,10-13H2,1-2H3,(H,18,20)(H,19,21). The van der Waals surface area contributed by atoms with Gasteiger partial charge in [0.2, 0.25) is 5.91 Å². The summed E-state index contributed by atoms with van der Waals surface area (Å²) >= 11 is 0. The van der Waals surface area contributed by atoms with Crippen LogP contribution in [0.5, 0.6) is 0 Å². The minimum atomic E-state index is -0.105. The molecule has 22 heavy (non-hydrogen) atoms. The fraction of sp³-hybridized carbons (Fsp3) is 0.529. The van der Waals surface area contributed by atoms with Crippen molar-refractivity contribution in [2.45, 2.75) is 39.2 Å². The fourth-order valence-corrected chi connectivity index (χ4v) is 1.85. The molecule has 1 aromatic carbocycles. The largest absolute Gasteiger partial charge is 0.379 e. The maximum atomic E-state index is 11.8. The Hall–Kier alpha value is -1.88. The summed E-state index contributed by atoms with van der Waals surface area (Å²) in [5.74, 6) is -0.0923. The fourth-order valence-electron chi connectivity index (χ4n) is 1.85. The number of amides is 2. The first-order chi connectivity index (χ1) is 10.6. The highest BCUT2D eigenvalue weighted by Gasteiger charge is 2.04. The van der Waals surface area contributed by atoms with Crippen LogP contribution in [0.15, 0.2) is 30.3 Å². The second kappa shape index (κ2) is 10.8. The second-order valence-electron chi connectivity index (χ2n) is 5.35. The molecule has 0 spiro atoms. The predicted molar refractivity (Wildman–Crippen MR) is 86.7 cm³/mol. The van der Waals surface area contributed by atoms with Crippen molar-refractivity contribution in [1.82, 2.24) is 10.6 Å². The predicted octanol–water partition coefficient (Wildman–Crippen LogP) is 2.13. The third-order valence-corrected chi connectivity index (χ3v) is 3.00. The van der Waals surface area contributed by atoms with Crippen molar-refractivity contribution in [2.24, 2.45) is 0 Å². The van der Waals surface area contributed by atoms with Crippen LogP contribution in [0, 0.1) is 0 Å². The van der Waals surface area contributed by atoms with Gasteiger partial charge in [-0.2, -0.15) is 0 Å². The van der Waals surface area contributed by atoms with Gasteiger partial charge in [0.25, 0.3) is 5.91 Å². The quantitative estimate of drug-likeness (QED) is 0.651. The Morgan fingerprint density at radius 1 is 1.05 bits per heavy atom. The Bertz CT molecular complexity index is 446. The first-order valence-corrected chi connectivity index (χ1v) is 7.81. The van der Waals surface area contributed by atoms with Crippen LogP contribution < -0.4 is 10.6 Å². The summed E-state index contributed by atoms with van der Waals surface area (Å²) in [5.41, 5.74) is 0.636. The normalized spacial score (nSPS) is 10.5. The van der Waals surface area contributed by atoms with Gasteiger partial charge in [0.05, 0.1) is 6.10 Å². The summed E-state index contributed by atoms with van der Waals surface area (Å²) in [5, 5.41) is 5.65. The Morgan fingerprint density at radius 3 is 2.41 bits per heavy atom. The first-order valence-electron chi connectivity index (χ1n) is 7.81. The SMILES string of the molecule is CC(C)OCCCNC(=O)CCCNC(=O)c1ccccc1. The van der Waals surface area contributed by atoms with E-state index in [2.05, 4.69) is 10.6 Å². The third kappa shape index (κ3) is 8.42. The molecule has 2 N–H and O–H groups in total. The Labute approximate surface area is 132 Å². The molecule has 0 saturated carbocycles. The summed E-state index contributed by atoms with van der Waals surface area (Å²) in [6, 6.07) is 9.05. The van der Waals surface area contributed by atoms with E-state index in [1.54, 1.807) is 12.1 Å². The highest BCUT2D eigenvalue weighted by Crippen LogP contribution is 1.98. The van der Waals surface area contributed by atoms with Crippen LogP contribution in [0.1, 0.15) is 43.5 Å². The number of benzene rings is 1. The van der Waals surface area contributed by atoms with Crippen molar-refractivity contribution < 1.29 is 14.3 Å². The van der Waals surface area contributed by atoms with Crippen molar-refractivity contribution >= 4 is 11.8 Å². The highest BCUT2D eigenvalue weighted by atomic mass is 16.5. The molecular weight excluding hydrogens is 280 g/mol. The molecule has 0 fully saturated rings. The van der Waals surface area contributed by atoms with E-state index in [-0.39, 0.29) is 17.9 Å². The van der Waals surface area contributed by atoms with Gasteiger partial charge in [-0.3, -0.25) is 9.59 Å². The second-order valence-corrected chi connectivity index (χ2v) is 5.35. The van der Waals surface area contributed by atoms with Crippen LogP contribution in [0.25, 0.3) is 0 Å². The van der Waals surface area contributed by atoms with Crippen molar-refractivity contribution in [3.8, 4) is 0 Å². The van der Waals surface area contributed by atoms with E-state index in [4.69, 9.17) is 4.74 Å². The zero-order valence-electron chi connectivity index (χ0n) is 13.4. The van der Waals surface area contributed by atoms with Crippen molar-refractivity contribution in [2.75, 3.05) is 19.7 Å². The molecule has 1 rings (SSSR count). The molecule has 0 radical (unpaired) electrons. The lowest BCUT2D eigenvalue weighted by atomic mass is 10.2. The molecule has 122 valence electrons. The molecule has 0 aliphatic heterocycles. The summed E-state index contributed by atoms with van der Waals surface area (Å²) in [6.45, 7) is 5.76. The molecule has 0 saturated heterocycles. The first kappa shape index (κ1) is 18.2. The van der Waals surface area contributed by atoms with E-state index in [0.29, 0.717) is 38.1 Å².